The van der Waals surface area contributed by atoms with Gasteiger partial charge in [-0.05, 0) is 42.8 Å². The summed E-state index contributed by atoms with van der Waals surface area (Å²) in [6, 6.07) is 17.9. The van der Waals surface area contributed by atoms with Gasteiger partial charge in [-0.25, -0.2) is 0 Å². The molecule has 0 saturated heterocycles. The van der Waals surface area contributed by atoms with Crippen LogP contribution in [0.25, 0.3) is 10.4 Å². The molecular formula is C20H16ClNOS2. The summed E-state index contributed by atoms with van der Waals surface area (Å²) in [6.07, 6.45) is 0. The first-order valence-corrected chi connectivity index (χ1v) is 10.3. The number of anilines is 1. The molecule has 2 aromatic carbocycles. The van der Waals surface area contributed by atoms with E-state index in [1.165, 1.54) is 20.9 Å². The maximum atomic E-state index is 13.1. The van der Waals surface area contributed by atoms with Gasteiger partial charge < -0.3 is 4.90 Å². The van der Waals surface area contributed by atoms with Gasteiger partial charge in [-0.1, -0.05) is 35.9 Å². The molecule has 2 heterocycles. The van der Waals surface area contributed by atoms with Gasteiger partial charge in [0.15, 0.2) is 0 Å². The summed E-state index contributed by atoms with van der Waals surface area (Å²) in [5.41, 5.74) is 3.35. The monoisotopic (exact) mass is 385 g/mol. The van der Waals surface area contributed by atoms with E-state index in [0.29, 0.717) is 6.54 Å². The van der Waals surface area contributed by atoms with E-state index in [1.54, 1.807) is 23.1 Å². The van der Waals surface area contributed by atoms with Crippen LogP contribution in [0.3, 0.4) is 0 Å². The van der Waals surface area contributed by atoms with Gasteiger partial charge in [0.1, 0.15) is 0 Å². The molecule has 0 saturated carbocycles. The Kier molecular flexibility index (Phi) is 4.59. The SMILES string of the molecule is CCN(C(=O)c1cc2c(s1)-c1ccc(Cl)cc1SC2)c1ccccc1. The molecule has 0 spiro atoms. The summed E-state index contributed by atoms with van der Waals surface area (Å²) in [5.74, 6) is 0.942. The number of para-hydroxylation sites is 1. The summed E-state index contributed by atoms with van der Waals surface area (Å²) < 4.78 is 0. The molecule has 0 radical (unpaired) electrons. The lowest BCUT2D eigenvalue weighted by Gasteiger charge is -2.20. The van der Waals surface area contributed by atoms with Crippen molar-refractivity contribution in [1.29, 1.82) is 0 Å². The minimum Gasteiger partial charge on any atom is -0.308 e. The van der Waals surface area contributed by atoms with Crippen LogP contribution >= 0.6 is 34.7 Å². The summed E-state index contributed by atoms with van der Waals surface area (Å²) in [5, 5.41) is 0.754. The maximum Gasteiger partial charge on any atom is 0.268 e. The van der Waals surface area contributed by atoms with E-state index in [-0.39, 0.29) is 5.91 Å². The number of thioether (sulfide) groups is 1. The number of thiophene rings is 1. The van der Waals surface area contributed by atoms with Crippen molar-refractivity contribution >= 4 is 46.3 Å². The van der Waals surface area contributed by atoms with Gasteiger partial charge in [0, 0.05) is 38.3 Å². The lowest BCUT2D eigenvalue weighted by Crippen LogP contribution is -2.29. The summed E-state index contributed by atoms with van der Waals surface area (Å²) in [4.78, 5) is 18.1. The molecule has 0 unspecified atom stereocenters. The van der Waals surface area contributed by atoms with Crippen LogP contribution in [-0.2, 0) is 5.75 Å². The molecule has 2 nitrogen and oxygen atoms in total. The molecule has 0 aliphatic carbocycles. The predicted molar refractivity (Wildman–Crippen MR) is 108 cm³/mol. The zero-order valence-corrected chi connectivity index (χ0v) is 16.0. The number of amides is 1. The molecule has 4 rings (SSSR count). The highest BCUT2D eigenvalue weighted by atomic mass is 35.5. The largest absolute Gasteiger partial charge is 0.308 e. The predicted octanol–water partition coefficient (Wildman–Crippen LogP) is 6.34. The fraction of sp³-hybridized carbons (Fsp3) is 0.150. The van der Waals surface area contributed by atoms with Gasteiger partial charge in [-0.2, -0.15) is 0 Å². The summed E-state index contributed by atoms with van der Waals surface area (Å²) in [7, 11) is 0. The number of fused-ring (bicyclic) bond motifs is 3. The van der Waals surface area contributed by atoms with Crippen LogP contribution in [-0.4, -0.2) is 12.5 Å². The lowest BCUT2D eigenvalue weighted by molar-refractivity contribution is 0.0992. The van der Waals surface area contributed by atoms with Gasteiger partial charge >= 0.3 is 0 Å². The molecule has 1 aromatic heterocycles. The molecule has 0 atom stereocenters. The van der Waals surface area contributed by atoms with Crippen molar-refractivity contribution < 1.29 is 4.79 Å². The van der Waals surface area contributed by atoms with E-state index < -0.39 is 0 Å². The number of nitrogens with zero attached hydrogens (tertiary/aromatic N) is 1. The van der Waals surface area contributed by atoms with Crippen LogP contribution in [0.15, 0.2) is 59.5 Å². The minimum atomic E-state index is 0.0635. The normalized spacial score (nSPS) is 12.4. The Labute approximate surface area is 160 Å². The van der Waals surface area contributed by atoms with Crippen LogP contribution in [0.4, 0.5) is 5.69 Å². The molecule has 1 aliphatic rings. The Morgan fingerprint density at radius 2 is 1.96 bits per heavy atom. The Hall–Kier alpha value is -1.75. The first kappa shape index (κ1) is 16.7. The van der Waals surface area contributed by atoms with Gasteiger partial charge in [-0.15, -0.1) is 23.1 Å². The third kappa shape index (κ3) is 3.10. The maximum absolute atomic E-state index is 13.1. The molecule has 3 aromatic rings. The Bertz CT molecular complexity index is 936. The van der Waals surface area contributed by atoms with Gasteiger partial charge in [-0.3, -0.25) is 4.79 Å². The Morgan fingerprint density at radius 3 is 2.72 bits per heavy atom. The van der Waals surface area contributed by atoms with Crippen LogP contribution in [0.1, 0.15) is 22.2 Å². The quantitative estimate of drug-likeness (QED) is 0.524. The second-order valence-electron chi connectivity index (χ2n) is 5.78. The van der Waals surface area contributed by atoms with Crippen LogP contribution < -0.4 is 4.90 Å². The smallest absolute Gasteiger partial charge is 0.268 e. The average Bonchev–Trinajstić information content (AvgIpc) is 3.07. The molecule has 1 amide bonds. The number of carbonyl (C=O) groups is 1. The zero-order valence-electron chi connectivity index (χ0n) is 13.7. The van der Waals surface area contributed by atoms with E-state index in [9.17, 15) is 4.79 Å². The number of rotatable bonds is 3. The fourth-order valence-electron chi connectivity index (χ4n) is 3.01. The summed E-state index contributed by atoms with van der Waals surface area (Å²) in [6.45, 7) is 2.65. The second-order valence-corrected chi connectivity index (χ2v) is 8.28. The second kappa shape index (κ2) is 6.87. The van der Waals surface area contributed by atoms with Gasteiger partial charge in [0.05, 0.1) is 4.88 Å². The number of carbonyl (C=O) groups excluding carboxylic acids is 1. The van der Waals surface area contributed by atoms with Crippen LogP contribution in [0.2, 0.25) is 5.02 Å². The number of hydrogen-bond acceptors (Lipinski definition) is 3. The van der Waals surface area contributed by atoms with Crippen molar-refractivity contribution in [2.75, 3.05) is 11.4 Å². The van der Waals surface area contributed by atoms with Crippen LogP contribution in [0.5, 0.6) is 0 Å². The topological polar surface area (TPSA) is 20.3 Å². The molecule has 0 N–H and O–H groups in total. The van der Waals surface area contributed by atoms with E-state index in [1.807, 2.05) is 54.3 Å². The molecule has 126 valence electrons. The van der Waals surface area contributed by atoms with Crippen molar-refractivity contribution in [3.8, 4) is 10.4 Å². The third-order valence-corrected chi connectivity index (χ3v) is 6.76. The number of hydrogen-bond donors (Lipinski definition) is 0. The number of benzene rings is 2. The van der Waals surface area contributed by atoms with E-state index in [4.69, 9.17) is 11.6 Å². The molecule has 5 heteroatoms. The average molecular weight is 386 g/mol. The van der Waals surface area contributed by atoms with E-state index in [2.05, 4.69) is 12.1 Å². The fourth-order valence-corrected chi connectivity index (χ4v) is 5.65. The lowest BCUT2D eigenvalue weighted by atomic mass is 10.1. The van der Waals surface area contributed by atoms with Gasteiger partial charge in [0.2, 0.25) is 0 Å². The highest BCUT2D eigenvalue weighted by molar-refractivity contribution is 7.98. The molecule has 0 fully saturated rings. The van der Waals surface area contributed by atoms with Crippen molar-refractivity contribution in [2.45, 2.75) is 17.6 Å². The molecular weight excluding hydrogens is 370 g/mol. The molecule has 1 aliphatic heterocycles. The molecule has 25 heavy (non-hydrogen) atoms. The first-order chi connectivity index (χ1) is 12.2. The van der Waals surface area contributed by atoms with Gasteiger partial charge in [0.25, 0.3) is 5.91 Å². The minimum absolute atomic E-state index is 0.0635. The number of halogens is 1. The zero-order chi connectivity index (χ0) is 17.4. The van der Waals surface area contributed by atoms with Crippen molar-refractivity contribution in [3.63, 3.8) is 0 Å². The van der Waals surface area contributed by atoms with E-state index in [0.717, 1.165) is 21.3 Å². The Balaban J connectivity index is 1.71. The third-order valence-electron chi connectivity index (χ3n) is 4.22. The van der Waals surface area contributed by atoms with Crippen molar-refractivity contribution in [2.24, 2.45) is 0 Å². The molecule has 0 bridgehead atoms. The highest BCUT2D eigenvalue weighted by Crippen LogP contribution is 2.46. The highest BCUT2D eigenvalue weighted by Gasteiger charge is 2.24. The standard InChI is InChI=1S/C20H16ClNOS2/c1-2-22(15-6-4-3-5-7-15)20(23)18-10-13-12-24-17-11-14(21)8-9-16(17)19(13)25-18/h3-11H,2,12H2,1H3. The first-order valence-electron chi connectivity index (χ1n) is 8.09. The van der Waals surface area contributed by atoms with Crippen LogP contribution in [0, 0.1) is 0 Å². The summed E-state index contributed by atoms with van der Waals surface area (Å²) >= 11 is 9.48. The van der Waals surface area contributed by atoms with Crippen molar-refractivity contribution in [1.82, 2.24) is 0 Å². The Morgan fingerprint density at radius 1 is 1.16 bits per heavy atom. The van der Waals surface area contributed by atoms with E-state index >= 15 is 0 Å². The van der Waals surface area contributed by atoms with Crippen molar-refractivity contribution in [3.05, 3.63) is 70.1 Å².